The minimum Gasteiger partial charge on any atom is -0.368 e. The van der Waals surface area contributed by atoms with Crippen molar-refractivity contribution in [3.8, 4) is 0 Å². The van der Waals surface area contributed by atoms with Gasteiger partial charge in [0.25, 0.3) is 0 Å². The lowest BCUT2D eigenvalue weighted by Crippen LogP contribution is -2.06. The maximum absolute atomic E-state index is 8.60. The van der Waals surface area contributed by atoms with Crippen LogP contribution in [0.2, 0.25) is 0 Å². The molecule has 0 fully saturated rings. The Morgan fingerprint density at radius 2 is 2.43 bits per heavy atom. The molecule has 0 aliphatic heterocycles. The van der Waals surface area contributed by atoms with Crippen LogP contribution >= 0.6 is 0 Å². The zero-order valence-corrected chi connectivity index (χ0v) is 4.55. The van der Waals surface area contributed by atoms with Crippen LogP contribution in [0.1, 0.15) is 12.8 Å². The Labute approximate surface area is 44.1 Å². The summed E-state index contributed by atoms with van der Waals surface area (Å²) >= 11 is 0. The molecule has 0 aliphatic rings. The average molecular weight is 103 g/mol. The molecule has 0 spiro atoms. The molecule has 1 unspecified atom stereocenters. The van der Waals surface area contributed by atoms with Crippen LogP contribution in [-0.4, -0.2) is 18.5 Å². The lowest BCUT2D eigenvalue weighted by atomic mass is 10.3. The van der Waals surface area contributed by atoms with E-state index in [0.717, 1.165) is 6.42 Å². The highest BCUT2D eigenvalue weighted by molar-refractivity contribution is 4.42. The highest BCUT2D eigenvalue weighted by atomic mass is 16.6. The fourth-order valence-corrected chi connectivity index (χ4v) is 0.292. The molecule has 0 aromatic carbocycles. The number of aliphatic hydroxyl groups is 1. The Morgan fingerprint density at radius 1 is 1.86 bits per heavy atom. The quantitative estimate of drug-likeness (QED) is 0.529. The molecule has 1 N–H and O–H groups in total. The molecule has 0 aromatic heterocycles. The van der Waals surface area contributed by atoms with Crippen molar-refractivity contribution in [1.29, 1.82) is 0 Å². The minimum absolute atomic E-state index is 0.613. The van der Waals surface area contributed by atoms with Gasteiger partial charge in [-0.1, -0.05) is 6.92 Å². The van der Waals surface area contributed by atoms with E-state index in [1.54, 1.807) is 0 Å². The molecule has 43 valence electrons. The Morgan fingerprint density at radius 3 is 2.57 bits per heavy atom. The third-order valence-electron chi connectivity index (χ3n) is 0.723. The number of aliphatic hydroxyl groups excluding tert-OH is 1. The number of methoxy groups -OCH3 is 1. The molecular weight excluding hydrogens is 92.1 g/mol. The van der Waals surface area contributed by atoms with E-state index in [1.807, 2.05) is 0 Å². The maximum atomic E-state index is 8.60. The maximum Gasteiger partial charge on any atom is 0.154 e. The molecule has 0 rings (SSSR count). The second-order valence-electron chi connectivity index (χ2n) is 1.33. The van der Waals surface area contributed by atoms with Crippen LogP contribution in [0.3, 0.4) is 0 Å². The highest BCUT2D eigenvalue weighted by Crippen LogP contribution is 1.93. The molecule has 0 saturated carbocycles. The Bertz CT molecular complexity index is 37.1. The monoisotopic (exact) mass is 103 g/mol. The molecular formula is C5H11O2. The number of hydrogen-bond donors (Lipinski definition) is 1. The molecule has 2 heteroatoms. The molecule has 1 atom stereocenters. The molecule has 0 bridgehead atoms. The van der Waals surface area contributed by atoms with Gasteiger partial charge in [0.2, 0.25) is 0 Å². The summed E-state index contributed by atoms with van der Waals surface area (Å²) in [4.78, 5) is 0. The summed E-state index contributed by atoms with van der Waals surface area (Å²) in [7, 11) is 1.47. The van der Waals surface area contributed by atoms with E-state index >= 15 is 0 Å². The first-order valence-electron chi connectivity index (χ1n) is 2.31. The van der Waals surface area contributed by atoms with Crippen LogP contribution in [0.15, 0.2) is 0 Å². The van der Waals surface area contributed by atoms with Gasteiger partial charge in [-0.2, -0.15) is 0 Å². The fourth-order valence-electron chi connectivity index (χ4n) is 0.292. The molecule has 0 heterocycles. The summed E-state index contributed by atoms with van der Waals surface area (Å²) in [6.07, 6.45) is 0.725. The topological polar surface area (TPSA) is 29.5 Å². The van der Waals surface area contributed by atoms with Gasteiger partial charge < -0.3 is 9.84 Å². The Hall–Kier alpha value is -0.0800. The zero-order chi connectivity index (χ0) is 5.70. The molecule has 0 aromatic rings. The van der Waals surface area contributed by atoms with E-state index in [4.69, 9.17) is 5.11 Å². The first-order valence-corrected chi connectivity index (χ1v) is 2.31. The van der Waals surface area contributed by atoms with Crippen LogP contribution < -0.4 is 0 Å². The van der Waals surface area contributed by atoms with E-state index in [9.17, 15) is 0 Å². The Kier molecular flexibility index (Phi) is 4.04. The average Bonchev–Trinajstić information content (AvgIpc) is 1.68. The van der Waals surface area contributed by atoms with Crippen molar-refractivity contribution < 1.29 is 9.84 Å². The van der Waals surface area contributed by atoms with Gasteiger partial charge in [-0.15, -0.1) is 0 Å². The van der Waals surface area contributed by atoms with Gasteiger partial charge in [-0.3, -0.25) is 0 Å². The lowest BCUT2D eigenvalue weighted by molar-refractivity contribution is -0.0774. The smallest absolute Gasteiger partial charge is 0.154 e. The number of hydrogen-bond acceptors (Lipinski definition) is 2. The van der Waals surface area contributed by atoms with Crippen molar-refractivity contribution >= 4 is 0 Å². The van der Waals surface area contributed by atoms with E-state index in [-0.39, 0.29) is 0 Å². The molecule has 0 saturated heterocycles. The largest absolute Gasteiger partial charge is 0.368 e. The fraction of sp³-hybridized carbons (Fsp3) is 0.800. The van der Waals surface area contributed by atoms with Crippen molar-refractivity contribution in [1.82, 2.24) is 0 Å². The van der Waals surface area contributed by atoms with E-state index < -0.39 is 6.29 Å². The summed E-state index contributed by atoms with van der Waals surface area (Å²) in [6, 6.07) is 0. The molecule has 0 aliphatic carbocycles. The van der Waals surface area contributed by atoms with Crippen LogP contribution in [0, 0.1) is 6.92 Å². The van der Waals surface area contributed by atoms with Crippen LogP contribution in [0.25, 0.3) is 0 Å². The van der Waals surface area contributed by atoms with E-state index in [2.05, 4.69) is 11.7 Å². The van der Waals surface area contributed by atoms with Crippen molar-refractivity contribution in [3.05, 3.63) is 6.92 Å². The minimum atomic E-state index is -0.613. The first kappa shape index (κ1) is 6.92. The summed E-state index contributed by atoms with van der Waals surface area (Å²) in [5, 5.41) is 8.60. The van der Waals surface area contributed by atoms with Crippen molar-refractivity contribution in [2.24, 2.45) is 0 Å². The van der Waals surface area contributed by atoms with Gasteiger partial charge >= 0.3 is 0 Å². The lowest BCUT2D eigenvalue weighted by Gasteiger charge is -2.03. The second-order valence-corrected chi connectivity index (χ2v) is 1.33. The van der Waals surface area contributed by atoms with Gasteiger partial charge in [0.15, 0.2) is 6.29 Å². The van der Waals surface area contributed by atoms with E-state index in [1.165, 1.54) is 7.11 Å². The number of rotatable bonds is 3. The van der Waals surface area contributed by atoms with Gasteiger partial charge in [-0.05, 0) is 12.8 Å². The second kappa shape index (κ2) is 4.09. The predicted octanol–water partition coefficient (Wildman–Crippen LogP) is 0.565. The third kappa shape index (κ3) is 3.76. The summed E-state index contributed by atoms with van der Waals surface area (Å²) < 4.78 is 4.51. The normalized spacial score (nSPS) is 14.1. The van der Waals surface area contributed by atoms with Crippen molar-refractivity contribution in [2.75, 3.05) is 7.11 Å². The van der Waals surface area contributed by atoms with Gasteiger partial charge in [0.1, 0.15) is 0 Å². The summed E-state index contributed by atoms with van der Waals surface area (Å²) in [5.41, 5.74) is 0. The van der Waals surface area contributed by atoms with Crippen LogP contribution in [0.4, 0.5) is 0 Å². The van der Waals surface area contributed by atoms with Gasteiger partial charge in [0, 0.05) is 7.11 Å². The molecule has 0 amide bonds. The zero-order valence-electron chi connectivity index (χ0n) is 4.55. The van der Waals surface area contributed by atoms with Crippen LogP contribution in [0.5, 0.6) is 0 Å². The van der Waals surface area contributed by atoms with Gasteiger partial charge in [0.05, 0.1) is 0 Å². The first-order chi connectivity index (χ1) is 3.31. The van der Waals surface area contributed by atoms with Crippen molar-refractivity contribution in [3.63, 3.8) is 0 Å². The number of ether oxygens (including phenoxy) is 1. The highest BCUT2D eigenvalue weighted by Gasteiger charge is 1.94. The standard InChI is InChI=1S/C5H11O2/c1-3-4-5(6)7-2/h5-6H,1,3-4H2,2H3. The van der Waals surface area contributed by atoms with Crippen molar-refractivity contribution in [2.45, 2.75) is 19.1 Å². The summed E-state index contributed by atoms with van der Waals surface area (Å²) in [5.74, 6) is 0. The molecule has 2 nitrogen and oxygen atoms in total. The third-order valence-corrected chi connectivity index (χ3v) is 0.723. The van der Waals surface area contributed by atoms with E-state index in [0.29, 0.717) is 6.42 Å². The molecule has 1 radical (unpaired) electrons. The predicted molar refractivity (Wildman–Crippen MR) is 27.6 cm³/mol. The summed E-state index contributed by atoms with van der Waals surface area (Å²) in [6.45, 7) is 3.53. The molecule has 7 heavy (non-hydrogen) atoms. The Balaban J connectivity index is 2.83. The van der Waals surface area contributed by atoms with Gasteiger partial charge in [-0.25, -0.2) is 0 Å². The SMILES string of the molecule is [CH2]CCC(O)OC. The van der Waals surface area contributed by atoms with Crippen LogP contribution in [-0.2, 0) is 4.74 Å².